The molecular weight excluding hydrogens is 158 g/mol. The van der Waals surface area contributed by atoms with E-state index < -0.39 is 0 Å². The van der Waals surface area contributed by atoms with Crippen molar-refractivity contribution >= 4 is 5.97 Å². The van der Waals surface area contributed by atoms with Gasteiger partial charge in [-0.2, -0.15) is 0 Å². The van der Waals surface area contributed by atoms with E-state index in [4.69, 9.17) is 0 Å². The van der Waals surface area contributed by atoms with E-state index in [9.17, 15) is 9.90 Å². The Morgan fingerprint density at radius 3 is 2.92 bits per heavy atom. The van der Waals surface area contributed by atoms with E-state index in [1.165, 1.54) is 7.11 Å². The molecule has 4 nitrogen and oxygen atoms in total. The summed E-state index contributed by atoms with van der Waals surface area (Å²) in [7, 11) is 1.38. The van der Waals surface area contributed by atoms with Gasteiger partial charge in [0.1, 0.15) is 6.04 Å². The largest absolute Gasteiger partial charge is 0.468 e. The minimum absolute atomic E-state index is 0.241. The second-order valence-electron chi connectivity index (χ2n) is 3.02. The van der Waals surface area contributed by atoms with Crippen LogP contribution in [-0.4, -0.2) is 48.3 Å². The topological polar surface area (TPSA) is 49.8 Å². The van der Waals surface area contributed by atoms with Crippen LogP contribution in [0, 0.1) is 0 Å². The monoisotopic (exact) mass is 173 g/mol. The van der Waals surface area contributed by atoms with E-state index in [2.05, 4.69) is 4.74 Å². The summed E-state index contributed by atoms with van der Waals surface area (Å²) in [5.74, 6) is -0.242. The molecule has 1 rings (SSSR count). The second-order valence-corrected chi connectivity index (χ2v) is 3.02. The number of carbonyl (C=O) groups is 1. The van der Waals surface area contributed by atoms with E-state index in [1.807, 2.05) is 11.8 Å². The fourth-order valence-electron chi connectivity index (χ4n) is 1.61. The van der Waals surface area contributed by atoms with Crippen molar-refractivity contribution in [2.24, 2.45) is 0 Å². The molecule has 0 radical (unpaired) electrons. The maximum atomic E-state index is 11.2. The Morgan fingerprint density at radius 2 is 2.42 bits per heavy atom. The van der Waals surface area contributed by atoms with Crippen molar-refractivity contribution in [2.45, 2.75) is 25.5 Å². The van der Waals surface area contributed by atoms with Gasteiger partial charge in [-0.1, -0.05) is 6.92 Å². The fourth-order valence-corrected chi connectivity index (χ4v) is 1.61. The first-order valence-electron chi connectivity index (χ1n) is 4.19. The van der Waals surface area contributed by atoms with Crippen LogP contribution in [0.3, 0.4) is 0 Å². The quantitative estimate of drug-likeness (QED) is 0.578. The number of aliphatic hydroxyl groups excluding tert-OH is 1. The molecule has 1 aliphatic heterocycles. The number of likely N-dealkylation sites (tertiary alicyclic amines) is 1. The zero-order valence-corrected chi connectivity index (χ0v) is 7.49. The number of carbonyl (C=O) groups excluding carboxylic acids is 1. The van der Waals surface area contributed by atoms with Gasteiger partial charge in [0, 0.05) is 13.0 Å². The van der Waals surface area contributed by atoms with E-state index in [-0.39, 0.29) is 18.1 Å². The molecule has 0 aliphatic carbocycles. The van der Waals surface area contributed by atoms with Crippen molar-refractivity contribution in [3.05, 3.63) is 0 Å². The van der Waals surface area contributed by atoms with Crippen molar-refractivity contribution in [3.63, 3.8) is 0 Å². The van der Waals surface area contributed by atoms with Crippen LogP contribution < -0.4 is 0 Å². The number of ether oxygens (including phenoxy) is 1. The molecule has 1 heterocycles. The van der Waals surface area contributed by atoms with Crippen LogP contribution in [0.15, 0.2) is 0 Å². The second kappa shape index (κ2) is 3.87. The van der Waals surface area contributed by atoms with Gasteiger partial charge in [-0.05, 0) is 6.54 Å². The molecule has 4 heteroatoms. The smallest absolute Gasteiger partial charge is 0.323 e. The van der Waals surface area contributed by atoms with Gasteiger partial charge < -0.3 is 9.84 Å². The average molecular weight is 173 g/mol. The minimum atomic E-state index is -0.381. The molecule has 1 fully saturated rings. The first-order valence-corrected chi connectivity index (χ1v) is 4.19. The molecule has 1 saturated heterocycles. The lowest BCUT2D eigenvalue weighted by Crippen LogP contribution is -2.36. The van der Waals surface area contributed by atoms with Crippen molar-refractivity contribution in [2.75, 3.05) is 20.2 Å². The number of hydrogen-bond donors (Lipinski definition) is 1. The summed E-state index contributed by atoms with van der Waals surface area (Å²) in [6.07, 6.45) is 0.120. The van der Waals surface area contributed by atoms with Gasteiger partial charge in [-0.3, -0.25) is 9.69 Å². The summed E-state index contributed by atoms with van der Waals surface area (Å²) in [6, 6.07) is -0.241. The molecule has 12 heavy (non-hydrogen) atoms. The third kappa shape index (κ3) is 1.76. The van der Waals surface area contributed by atoms with Crippen molar-refractivity contribution in [1.29, 1.82) is 0 Å². The molecule has 1 N–H and O–H groups in total. The number of nitrogens with zero attached hydrogens (tertiary/aromatic N) is 1. The predicted octanol–water partition coefficient (Wildman–Crippen LogP) is -0.386. The third-order valence-electron chi connectivity index (χ3n) is 2.26. The van der Waals surface area contributed by atoms with Crippen LogP contribution in [0.5, 0.6) is 0 Å². The van der Waals surface area contributed by atoms with Crippen molar-refractivity contribution < 1.29 is 14.6 Å². The minimum Gasteiger partial charge on any atom is -0.468 e. The highest BCUT2D eigenvalue weighted by Gasteiger charge is 2.35. The van der Waals surface area contributed by atoms with Gasteiger partial charge in [-0.25, -0.2) is 0 Å². The Morgan fingerprint density at radius 1 is 1.75 bits per heavy atom. The molecule has 0 unspecified atom stereocenters. The Kier molecular flexibility index (Phi) is 3.05. The van der Waals surface area contributed by atoms with Gasteiger partial charge >= 0.3 is 5.97 Å². The summed E-state index contributed by atoms with van der Waals surface area (Å²) < 4.78 is 4.62. The van der Waals surface area contributed by atoms with E-state index in [1.54, 1.807) is 0 Å². The Balaban J connectivity index is 2.57. The maximum Gasteiger partial charge on any atom is 0.323 e. The Bertz CT molecular complexity index is 172. The van der Waals surface area contributed by atoms with Crippen LogP contribution in [0.1, 0.15) is 13.3 Å². The molecule has 0 amide bonds. The first-order chi connectivity index (χ1) is 5.69. The van der Waals surface area contributed by atoms with Gasteiger partial charge in [0.15, 0.2) is 0 Å². The lowest BCUT2D eigenvalue weighted by Gasteiger charge is -2.19. The van der Waals surface area contributed by atoms with E-state index in [0.29, 0.717) is 13.0 Å². The fraction of sp³-hybridized carbons (Fsp3) is 0.875. The number of rotatable bonds is 2. The number of likely N-dealkylation sites (N-methyl/N-ethyl adjacent to an activating group) is 1. The zero-order valence-electron chi connectivity index (χ0n) is 7.49. The molecule has 0 bridgehead atoms. The molecule has 2 atom stereocenters. The maximum absolute atomic E-state index is 11.2. The molecule has 0 spiro atoms. The summed E-state index contributed by atoms with van der Waals surface area (Å²) in [5, 5.41) is 9.30. The van der Waals surface area contributed by atoms with E-state index >= 15 is 0 Å². The lowest BCUT2D eigenvalue weighted by atomic mass is 10.2. The third-order valence-corrected chi connectivity index (χ3v) is 2.26. The highest BCUT2D eigenvalue weighted by atomic mass is 16.5. The molecule has 1 aliphatic rings. The molecule has 0 aromatic carbocycles. The average Bonchev–Trinajstić information content (AvgIpc) is 2.45. The summed E-state index contributed by atoms with van der Waals surface area (Å²) in [5.41, 5.74) is 0. The highest BCUT2D eigenvalue weighted by molar-refractivity contribution is 5.76. The predicted molar refractivity (Wildman–Crippen MR) is 43.7 cm³/mol. The number of methoxy groups -OCH3 is 1. The van der Waals surface area contributed by atoms with Crippen molar-refractivity contribution in [1.82, 2.24) is 4.90 Å². The number of aliphatic hydroxyl groups is 1. The van der Waals surface area contributed by atoms with Gasteiger partial charge in [0.05, 0.1) is 13.2 Å². The Hall–Kier alpha value is -0.610. The molecule has 70 valence electrons. The number of esters is 1. The summed E-state index contributed by atoms with van der Waals surface area (Å²) in [6.45, 7) is 3.32. The first kappa shape index (κ1) is 9.48. The SMILES string of the molecule is CCN1C[C@H](O)C[C@H]1C(=O)OC. The molecule has 0 aromatic rings. The summed E-state index contributed by atoms with van der Waals surface area (Å²) >= 11 is 0. The van der Waals surface area contributed by atoms with Crippen LogP contribution in [0.25, 0.3) is 0 Å². The molecule has 0 saturated carbocycles. The standard InChI is InChI=1S/C8H15NO3/c1-3-9-5-6(10)4-7(9)8(11)12-2/h6-7,10H,3-5H2,1-2H3/t6-,7+/m1/s1. The Labute approximate surface area is 72.1 Å². The van der Waals surface area contributed by atoms with Crippen LogP contribution in [0.4, 0.5) is 0 Å². The molecule has 0 aromatic heterocycles. The van der Waals surface area contributed by atoms with Crippen LogP contribution in [-0.2, 0) is 9.53 Å². The van der Waals surface area contributed by atoms with Gasteiger partial charge in [-0.15, -0.1) is 0 Å². The van der Waals surface area contributed by atoms with Crippen LogP contribution >= 0.6 is 0 Å². The normalized spacial score (nSPS) is 30.6. The lowest BCUT2D eigenvalue weighted by molar-refractivity contribution is -0.145. The molecular formula is C8H15NO3. The number of β-amino-alcohol motifs (C(OH)–C–C–N with tert-alkyl or cyclic N) is 1. The highest BCUT2D eigenvalue weighted by Crippen LogP contribution is 2.17. The van der Waals surface area contributed by atoms with Crippen LogP contribution in [0.2, 0.25) is 0 Å². The van der Waals surface area contributed by atoms with Crippen molar-refractivity contribution in [3.8, 4) is 0 Å². The zero-order chi connectivity index (χ0) is 9.14. The van der Waals surface area contributed by atoms with Gasteiger partial charge in [0.2, 0.25) is 0 Å². The number of hydrogen-bond acceptors (Lipinski definition) is 4. The van der Waals surface area contributed by atoms with Gasteiger partial charge in [0.25, 0.3) is 0 Å². The summed E-state index contributed by atoms with van der Waals surface area (Å²) in [4.78, 5) is 13.1. The van der Waals surface area contributed by atoms with E-state index in [0.717, 1.165) is 6.54 Å².